The number of alkyl halides is 14. The summed E-state index contributed by atoms with van der Waals surface area (Å²) in [6.07, 6.45) is -32.3. The SMILES string of the molecule is O=C(CC(CSOO[O-])C(=O)OCCC(F)(C(F)(F)F)C(F)(F)F)OCCC(F)(C(F)(F)F)C(F)(F)F.[Na+]. The Labute approximate surface area is 228 Å². The van der Waals surface area contributed by atoms with Crippen molar-refractivity contribution in [2.24, 2.45) is 5.92 Å². The van der Waals surface area contributed by atoms with Crippen LogP contribution in [-0.2, 0) is 28.4 Å². The third-order valence-corrected chi connectivity index (χ3v) is 4.98. The Balaban J connectivity index is 0. The van der Waals surface area contributed by atoms with E-state index < -0.39 is 92.1 Å². The van der Waals surface area contributed by atoms with Gasteiger partial charge in [0.2, 0.25) is 0 Å². The van der Waals surface area contributed by atoms with Crippen LogP contribution in [0.3, 0.4) is 0 Å². The summed E-state index contributed by atoms with van der Waals surface area (Å²) in [5.74, 6) is -6.65. The predicted octanol–water partition coefficient (Wildman–Crippen LogP) is 1.40. The minimum atomic E-state index is -6.49. The molecule has 0 aliphatic carbocycles. The Morgan fingerprint density at radius 3 is 1.39 bits per heavy atom. The zero-order valence-electron chi connectivity index (χ0n) is 18.4. The van der Waals surface area contributed by atoms with Gasteiger partial charge in [-0.2, -0.15) is 57.0 Å². The summed E-state index contributed by atoms with van der Waals surface area (Å²) in [6, 6.07) is 0. The molecule has 0 heterocycles. The quantitative estimate of drug-likeness (QED) is 0.0577. The fraction of sp³-hybridized carbons (Fsp3) is 0.867. The van der Waals surface area contributed by atoms with E-state index in [2.05, 4.69) is 18.8 Å². The summed E-state index contributed by atoms with van der Waals surface area (Å²) in [5.41, 5.74) is -11.6. The van der Waals surface area contributed by atoms with Crippen LogP contribution >= 0.6 is 12.0 Å². The molecule has 0 aliphatic rings. The monoisotopic (exact) mass is 626 g/mol. The Hall–Kier alpha value is -0.810. The molecule has 0 spiro atoms. The minimum Gasteiger partial charge on any atom is -0.691 e. The minimum absolute atomic E-state index is 0. The van der Waals surface area contributed by atoms with Crippen molar-refractivity contribution in [3.8, 4) is 0 Å². The zero-order chi connectivity index (χ0) is 29.5. The summed E-state index contributed by atoms with van der Waals surface area (Å²) >= 11 is -0.121. The van der Waals surface area contributed by atoms with Crippen LogP contribution in [0.1, 0.15) is 19.3 Å². The number of esters is 2. The normalized spacial score (nSPS) is 14.5. The summed E-state index contributed by atoms with van der Waals surface area (Å²) in [7, 11) is 0. The van der Waals surface area contributed by atoms with Crippen LogP contribution in [0.5, 0.6) is 0 Å². The molecule has 0 saturated heterocycles. The maximum absolute atomic E-state index is 13.5. The summed E-state index contributed by atoms with van der Waals surface area (Å²) in [5, 5.41) is 12.6. The van der Waals surface area contributed by atoms with Gasteiger partial charge in [0, 0.05) is 30.6 Å². The van der Waals surface area contributed by atoms with E-state index in [4.69, 9.17) is 0 Å². The number of hydrogen-bond donors (Lipinski definition) is 0. The van der Waals surface area contributed by atoms with Crippen molar-refractivity contribution in [3.05, 3.63) is 0 Å². The van der Waals surface area contributed by atoms with Crippen molar-refractivity contribution in [1.29, 1.82) is 0 Å². The first-order chi connectivity index (χ1) is 16.4. The number of carbonyl (C=O) groups is 2. The van der Waals surface area contributed by atoms with Gasteiger partial charge in [0.25, 0.3) is 0 Å². The van der Waals surface area contributed by atoms with Crippen LogP contribution in [0.15, 0.2) is 0 Å². The molecule has 7 nitrogen and oxygen atoms in total. The first-order valence-electron chi connectivity index (χ1n) is 8.99. The van der Waals surface area contributed by atoms with Gasteiger partial charge in [-0.15, -0.1) is 0 Å². The van der Waals surface area contributed by atoms with Crippen molar-refractivity contribution in [2.45, 2.75) is 55.3 Å². The molecule has 0 N–H and O–H groups in total. The summed E-state index contributed by atoms with van der Waals surface area (Å²) < 4.78 is 188. The molecular weight excluding hydrogens is 613 g/mol. The Kier molecular flexibility index (Phi) is 15.2. The van der Waals surface area contributed by atoms with Crippen molar-refractivity contribution >= 4 is 24.0 Å². The molecule has 0 saturated carbocycles. The third-order valence-electron chi connectivity index (χ3n) is 4.29. The molecular formula is C15H13F14NaO7S. The van der Waals surface area contributed by atoms with Gasteiger partial charge in [0.05, 0.1) is 25.6 Å². The smallest absolute Gasteiger partial charge is 0.691 e. The maximum Gasteiger partial charge on any atom is 1.00 e. The molecule has 0 aliphatic heterocycles. The molecule has 0 aromatic heterocycles. The molecule has 0 rings (SSSR count). The topological polar surface area (TPSA) is 94.1 Å². The van der Waals surface area contributed by atoms with Gasteiger partial charge in [0.15, 0.2) is 0 Å². The number of carbonyl (C=O) groups excluding carboxylic acids is 2. The van der Waals surface area contributed by atoms with E-state index in [-0.39, 0.29) is 41.6 Å². The van der Waals surface area contributed by atoms with Crippen LogP contribution in [0.4, 0.5) is 61.5 Å². The fourth-order valence-electron chi connectivity index (χ4n) is 2.20. The average Bonchev–Trinajstić information content (AvgIpc) is 2.69. The molecule has 0 fully saturated rings. The van der Waals surface area contributed by atoms with Gasteiger partial charge >= 0.3 is 77.5 Å². The fourth-order valence-corrected chi connectivity index (χ4v) is 2.72. The molecule has 0 aromatic carbocycles. The second kappa shape index (κ2) is 14.7. The second-order valence-corrected chi connectivity index (χ2v) is 7.51. The van der Waals surface area contributed by atoms with Gasteiger partial charge in [-0.3, -0.25) is 14.6 Å². The van der Waals surface area contributed by atoms with E-state index in [9.17, 15) is 76.3 Å². The van der Waals surface area contributed by atoms with Crippen LogP contribution in [0.25, 0.3) is 0 Å². The van der Waals surface area contributed by atoms with Crippen LogP contribution in [0.2, 0.25) is 0 Å². The standard InChI is InChI=1S/C15H14F14O7S.Na/c16-10(12(18,19)20,13(21,22)23)1-3-33-8(30)5-7(6-37-36-35-32)9(31)34-4-2-11(17,14(24,25)26)15(27,28)29;/h7,32H,1-6H2;/q;+1/p-1. The van der Waals surface area contributed by atoms with E-state index >= 15 is 0 Å². The van der Waals surface area contributed by atoms with Crippen molar-refractivity contribution in [2.75, 3.05) is 19.0 Å². The number of ether oxygens (including phenoxy) is 2. The van der Waals surface area contributed by atoms with Gasteiger partial charge < -0.3 is 14.7 Å². The molecule has 1 unspecified atom stereocenters. The van der Waals surface area contributed by atoms with Gasteiger partial charge in [-0.1, -0.05) is 0 Å². The molecule has 0 amide bonds. The van der Waals surface area contributed by atoms with E-state index in [0.29, 0.717) is 0 Å². The van der Waals surface area contributed by atoms with Crippen molar-refractivity contribution < 1.29 is 125 Å². The second-order valence-electron chi connectivity index (χ2n) is 6.80. The van der Waals surface area contributed by atoms with Gasteiger partial charge in [0.1, 0.15) is 0 Å². The zero-order valence-corrected chi connectivity index (χ0v) is 21.2. The Bertz CT molecular complexity index is 728. The molecule has 38 heavy (non-hydrogen) atoms. The molecule has 23 heteroatoms. The van der Waals surface area contributed by atoms with E-state index in [0.717, 1.165) is 0 Å². The van der Waals surface area contributed by atoms with Crippen LogP contribution in [-0.4, -0.2) is 66.9 Å². The predicted molar refractivity (Wildman–Crippen MR) is 85.8 cm³/mol. The number of hydrogen-bond acceptors (Lipinski definition) is 8. The number of rotatable bonds is 13. The maximum atomic E-state index is 13.5. The van der Waals surface area contributed by atoms with Gasteiger partial charge in [-0.05, 0) is 0 Å². The molecule has 0 aromatic rings. The Morgan fingerprint density at radius 1 is 0.684 bits per heavy atom. The molecule has 0 radical (unpaired) electrons. The van der Waals surface area contributed by atoms with Crippen molar-refractivity contribution in [3.63, 3.8) is 0 Å². The van der Waals surface area contributed by atoms with Crippen LogP contribution in [0, 0.1) is 5.92 Å². The van der Waals surface area contributed by atoms with Crippen molar-refractivity contribution in [1.82, 2.24) is 0 Å². The first kappa shape index (κ1) is 39.3. The average molecular weight is 626 g/mol. The Morgan fingerprint density at radius 2 is 1.05 bits per heavy atom. The largest absolute Gasteiger partial charge is 1.00 e. The van der Waals surface area contributed by atoms with Crippen LogP contribution < -0.4 is 34.8 Å². The summed E-state index contributed by atoms with van der Waals surface area (Å²) in [6.45, 7) is -3.74. The first-order valence-corrected chi connectivity index (χ1v) is 9.90. The van der Waals surface area contributed by atoms with Gasteiger partial charge in [-0.25, -0.2) is 8.78 Å². The van der Waals surface area contributed by atoms with E-state index in [1.165, 1.54) is 0 Å². The molecule has 220 valence electrons. The van der Waals surface area contributed by atoms with E-state index in [1.807, 2.05) is 0 Å². The van der Waals surface area contributed by atoms with E-state index in [1.54, 1.807) is 0 Å². The number of halogens is 14. The molecule has 1 atom stereocenters. The third kappa shape index (κ3) is 10.6. The molecule has 0 bridgehead atoms. The summed E-state index contributed by atoms with van der Waals surface area (Å²) in [4.78, 5) is 23.6.